The third kappa shape index (κ3) is 2.96. The van der Waals surface area contributed by atoms with Crippen molar-refractivity contribution in [2.45, 2.75) is 37.6 Å². The molecule has 1 unspecified atom stereocenters. The molecule has 0 aliphatic carbocycles. The standard InChI is InChI=1S/C17H20N4O2S/c1-5-11-7-8-13-12(9-11)14-15(21(13)4)18-17(20-19-14)24-10(3)16(22)23-6-2/h7-10H,5-6H2,1-4H3. The van der Waals surface area contributed by atoms with Crippen molar-refractivity contribution in [1.29, 1.82) is 0 Å². The van der Waals surface area contributed by atoms with E-state index >= 15 is 0 Å². The van der Waals surface area contributed by atoms with E-state index in [1.54, 1.807) is 13.8 Å². The summed E-state index contributed by atoms with van der Waals surface area (Å²) in [7, 11) is 1.97. The van der Waals surface area contributed by atoms with Gasteiger partial charge in [0.1, 0.15) is 10.8 Å². The third-order valence-corrected chi connectivity index (χ3v) is 4.88. The maximum Gasteiger partial charge on any atom is 0.319 e. The van der Waals surface area contributed by atoms with E-state index in [1.807, 2.05) is 11.6 Å². The average molecular weight is 344 g/mol. The summed E-state index contributed by atoms with van der Waals surface area (Å²) in [5.41, 5.74) is 3.89. The minimum atomic E-state index is -0.370. The molecule has 0 aliphatic rings. The number of hydrogen-bond acceptors (Lipinski definition) is 6. The Bertz CT molecular complexity index is 906. The maximum absolute atomic E-state index is 11.8. The molecular formula is C17H20N4O2S. The minimum absolute atomic E-state index is 0.268. The van der Waals surface area contributed by atoms with Gasteiger partial charge in [0.2, 0.25) is 5.16 Å². The largest absolute Gasteiger partial charge is 0.465 e. The Labute approximate surface area is 144 Å². The molecular weight excluding hydrogens is 324 g/mol. The summed E-state index contributed by atoms with van der Waals surface area (Å²) >= 11 is 1.26. The van der Waals surface area contributed by atoms with Gasteiger partial charge in [-0.25, -0.2) is 4.98 Å². The van der Waals surface area contributed by atoms with Crippen LogP contribution in [0, 0.1) is 0 Å². The van der Waals surface area contributed by atoms with Crippen molar-refractivity contribution in [3.63, 3.8) is 0 Å². The van der Waals surface area contributed by atoms with Crippen LogP contribution in [-0.2, 0) is 23.0 Å². The normalized spacial score (nSPS) is 12.7. The molecule has 1 atom stereocenters. The molecule has 126 valence electrons. The number of nitrogens with zero attached hydrogens (tertiary/aromatic N) is 4. The van der Waals surface area contributed by atoms with Crippen LogP contribution in [0.5, 0.6) is 0 Å². The molecule has 0 spiro atoms. The molecule has 3 aromatic rings. The van der Waals surface area contributed by atoms with Crippen molar-refractivity contribution in [1.82, 2.24) is 19.7 Å². The molecule has 24 heavy (non-hydrogen) atoms. The Balaban J connectivity index is 2.01. The van der Waals surface area contributed by atoms with Gasteiger partial charge >= 0.3 is 5.97 Å². The molecule has 0 bridgehead atoms. The Hall–Kier alpha value is -2.15. The lowest BCUT2D eigenvalue weighted by Gasteiger charge is -2.08. The maximum atomic E-state index is 11.8. The summed E-state index contributed by atoms with van der Waals surface area (Å²) in [6.07, 6.45) is 0.970. The Kier molecular flexibility index (Phi) is 4.71. The molecule has 0 N–H and O–H groups in total. The molecule has 2 aromatic heterocycles. The van der Waals surface area contributed by atoms with Gasteiger partial charge in [-0.15, -0.1) is 10.2 Å². The Morgan fingerprint density at radius 1 is 1.33 bits per heavy atom. The average Bonchev–Trinajstić information content (AvgIpc) is 2.87. The highest BCUT2D eigenvalue weighted by Gasteiger charge is 2.19. The lowest BCUT2D eigenvalue weighted by molar-refractivity contribution is -0.142. The number of ether oxygens (including phenoxy) is 1. The van der Waals surface area contributed by atoms with Crippen molar-refractivity contribution in [2.24, 2.45) is 7.05 Å². The fraction of sp³-hybridized carbons (Fsp3) is 0.412. The van der Waals surface area contributed by atoms with Gasteiger partial charge in [0.15, 0.2) is 5.65 Å². The predicted molar refractivity (Wildman–Crippen MR) is 95.1 cm³/mol. The summed E-state index contributed by atoms with van der Waals surface area (Å²) < 4.78 is 7.03. The summed E-state index contributed by atoms with van der Waals surface area (Å²) in [4.78, 5) is 16.4. The quantitative estimate of drug-likeness (QED) is 0.523. The lowest BCUT2D eigenvalue weighted by Crippen LogP contribution is -2.17. The van der Waals surface area contributed by atoms with E-state index in [0.717, 1.165) is 28.5 Å². The van der Waals surface area contributed by atoms with Crippen molar-refractivity contribution in [3.8, 4) is 0 Å². The van der Waals surface area contributed by atoms with Crippen LogP contribution in [0.1, 0.15) is 26.3 Å². The molecule has 0 aliphatic heterocycles. The molecule has 0 saturated heterocycles. The van der Waals surface area contributed by atoms with Crippen LogP contribution in [0.2, 0.25) is 0 Å². The van der Waals surface area contributed by atoms with Crippen molar-refractivity contribution >= 4 is 39.8 Å². The van der Waals surface area contributed by atoms with Gasteiger partial charge in [-0.2, -0.15) is 0 Å². The van der Waals surface area contributed by atoms with Crippen LogP contribution >= 0.6 is 11.8 Å². The molecule has 0 fully saturated rings. The van der Waals surface area contributed by atoms with E-state index in [9.17, 15) is 4.79 Å². The first-order valence-electron chi connectivity index (χ1n) is 8.00. The third-order valence-electron chi connectivity index (χ3n) is 3.95. The zero-order valence-corrected chi connectivity index (χ0v) is 15.1. The van der Waals surface area contributed by atoms with Gasteiger partial charge < -0.3 is 9.30 Å². The van der Waals surface area contributed by atoms with Crippen LogP contribution in [0.3, 0.4) is 0 Å². The smallest absolute Gasteiger partial charge is 0.319 e. The number of aromatic nitrogens is 4. The van der Waals surface area contributed by atoms with Gasteiger partial charge in [0.05, 0.1) is 12.1 Å². The lowest BCUT2D eigenvalue weighted by atomic mass is 10.1. The second kappa shape index (κ2) is 6.76. The van der Waals surface area contributed by atoms with Crippen LogP contribution < -0.4 is 0 Å². The van der Waals surface area contributed by atoms with Gasteiger partial charge in [-0.3, -0.25) is 4.79 Å². The SMILES string of the molecule is CCOC(=O)C(C)Sc1nnc2c3cc(CC)ccc3n(C)c2n1. The van der Waals surface area contributed by atoms with Crippen molar-refractivity contribution < 1.29 is 9.53 Å². The fourth-order valence-corrected chi connectivity index (χ4v) is 3.33. The van der Waals surface area contributed by atoms with E-state index in [0.29, 0.717) is 11.8 Å². The summed E-state index contributed by atoms with van der Waals surface area (Å²) in [5, 5.41) is 9.71. The van der Waals surface area contributed by atoms with Crippen molar-refractivity contribution in [2.75, 3.05) is 6.61 Å². The number of benzene rings is 1. The first kappa shape index (κ1) is 16.7. The molecule has 0 saturated carbocycles. The van der Waals surface area contributed by atoms with Crippen LogP contribution in [-0.4, -0.2) is 37.6 Å². The van der Waals surface area contributed by atoms with Crippen LogP contribution in [0.4, 0.5) is 0 Å². The molecule has 0 amide bonds. The van der Waals surface area contributed by atoms with Crippen LogP contribution in [0.25, 0.3) is 22.1 Å². The monoisotopic (exact) mass is 344 g/mol. The number of thioether (sulfide) groups is 1. The summed E-state index contributed by atoms with van der Waals surface area (Å²) in [5.74, 6) is -0.268. The van der Waals surface area contributed by atoms with E-state index in [4.69, 9.17) is 4.74 Å². The zero-order chi connectivity index (χ0) is 17.3. The van der Waals surface area contributed by atoms with E-state index in [1.165, 1.54) is 17.3 Å². The number of carbonyl (C=O) groups is 1. The molecule has 1 aromatic carbocycles. The number of esters is 1. The number of rotatable bonds is 5. The van der Waals surface area contributed by atoms with E-state index < -0.39 is 0 Å². The predicted octanol–water partition coefficient (Wildman–Crippen LogP) is 3.12. The Morgan fingerprint density at radius 2 is 2.12 bits per heavy atom. The van der Waals surface area contributed by atoms with Gasteiger partial charge in [0, 0.05) is 12.4 Å². The number of aryl methyl sites for hydroxylation is 2. The van der Waals surface area contributed by atoms with Gasteiger partial charge in [-0.1, -0.05) is 24.8 Å². The van der Waals surface area contributed by atoms with Crippen LogP contribution in [0.15, 0.2) is 23.4 Å². The van der Waals surface area contributed by atoms with Gasteiger partial charge in [0.25, 0.3) is 0 Å². The summed E-state index contributed by atoms with van der Waals surface area (Å²) in [6, 6.07) is 6.35. The van der Waals surface area contributed by atoms with E-state index in [-0.39, 0.29) is 11.2 Å². The highest BCUT2D eigenvalue weighted by molar-refractivity contribution is 8.00. The second-order valence-electron chi connectivity index (χ2n) is 5.54. The molecule has 7 heteroatoms. The molecule has 0 radical (unpaired) electrons. The highest BCUT2D eigenvalue weighted by Crippen LogP contribution is 2.28. The number of hydrogen-bond donors (Lipinski definition) is 0. The molecule has 2 heterocycles. The second-order valence-corrected chi connectivity index (χ2v) is 6.85. The first-order valence-corrected chi connectivity index (χ1v) is 8.88. The summed E-state index contributed by atoms with van der Waals surface area (Å²) in [6.45, 7) is 6.07. The number of carbonyl (C=O) groups excluding carboxylic acids is 1. The Morgan fingerprint density at radius 3 is 2.83 bits per heavy atom. The van der Waals surface area contributed by atoms with E-state index in [2.05, 4.69) is 40.3 Å². The van der Waals surface area contributed by atoms with Crippen molar-refractivity contribution in [3.05, 3.63) is 23.8 Å². The first-order chi connectivity index (χ1) is 11.5. The highest BCUT2D eigenvalue weighted by atomic mass is 32.2. The molecule has 3 rings (SSSR count). The zero-order valence-electron chi connectivity index (χ0n) is 14.2. The van der Waals surface area contributed by atoms with Gasteiger partial charge in [-0.05, 0) is 38.0 Å². The topological polar surface area (TPSA) is 69.9 Å². The number of fused-ring (bicyclic) bond motifs is 3. The minimum Gasteiger partial charge on any atom is -0.465 e. The fourth-order valence-electron chi connectivity index (χ4n) is 2.63. The molecule has 6 nitrogen and oxygen atoms in total.